The van der Waals surface area contributed by atoms with Crippen LogP contribution in [0.2, 0.25) is 0 Å². The molecule has 0 bridgehead atoms. The van der Waals surface area contributed by atoms with Gasteiger partial charge in [0.1, 0.15) is 5.69 Å². The third kappa shape index (κ3) is 3.88. The molecule has 1 atom stereocenters. The van der Waals surface area contributed by atoms with E-state index in [0.29, 0.717) is 11.4 Å². The summed E-state index contributed by atoms with van der Waals surface area (Å²) in [5.41, 5.74) is 1.03. The lowest BCUT2D eigenvalue weighted by Gasteiger charge is -2.23. The maximum atomic E-state index is 12.4. The van der Waals surface area contributed by atoms with Gasteiger partial charge in [0, 0.05) is 24.4 Å². The number of likely N-dealkylation sites (N-methyl/N-ethyl adjacent to an activating group) is 1. The molecule has 2 N–H and O–H groups in total. The van der Waals surface area contributed by atoms with Gasteiger partial charge in [0.2, 0.25) is 0 Å². The van der Waals surface area contributed by atoms with Crippen molar-refractivity contribution in [2.45, 2.75) is 13.0 Å². The predicted molar refractivity (Wildman–Crippen MR) is 91.5 cm³/mol. The SMILES string of the molecule is C[C@H](CO)N(C)C(=O)c1ccc(Nc2ccccc2)c([N+](=O)[O-])c1. The lowest BCUT2D eigenvalue weighted by Crippen LogP contribution is -2.37. The molecule has 0 aliphatic carbocycles. The van der Waals surface area contributed by atoms with Crippen LogP contribution in [0.5, 0.6) is 0 Å². The van der Waals surface area contributed by atoms with E-state index in [2.05, 4.69) is 5.32 Å². The number of benzene rings is 2. The van der Waals surface area contributed by atoms with Gasteiger partial charge in [-0.2, -0.15) is 0 Å². The highest BCUT2D eigenvalue weighted by Crippen LogP contribution is 2.29. The van der Waals surface area contributed by atoms with Gasteiger partial charge >= 0.3 is 0 Å². The summed E-state index contributed by atoms with van der Waals surface area (Å²) in [6.07, 6.45) is 0. The molecule has 0 aliphatic rings. The molecule has 0 unspecified atom stereocenters. The third-order valence-electron chi connectivity index (χ3n) is 3.74. The van der Waals surface area contributed by atoms with Gasteiger partial charge < -0.3 is 15.3 Å². The summed E-state index contributed by atoms with van der Waals surface area (Å²) in [7, 11) is 1.55. The van der Waals surface area contributed by atoms with E-state index in [0.717, 1.165) is 0 Å². The van der Waals surface area contributed by atoms with Crippen LogP contribution in [-0.4, -0.2) is 40.5 Å². The second kappa shape index (κ2) is 7.56. The van der Waals surface area contributed by atoms with Crippen LogP contribution in [0.3, 0.4) is 0 Å². The first-order valence-electron chi connectivity index (χ1n) is 7.42. The van der Waals surface area contributed by atoms with Crippen LogP contribution in [0.1, 0.15) is 17.3 Å². The molecular formula is C17H19N3O4. The van der Waals surface area contributed by atoms with Gasteiger partial charge in [0.05, 0.1) is 17.6 Å². The molecule has 1 amide bonds. The Morgan fingerprint density at radius 2 is 1.96 bits per heavy atom. The van der Waals surface area contributed by atoms with E-state index in [1.165, 1.54) is 23.1 Å². The predicted octanol–water partition coefficient (Wildman–Crippen LogP) is 2.79. The molecule has 2 aromatic rings. The van der Waals surface area contributed by atoms with Crippen molar-refractivity contribution >= 4 is 23.0 Å². The Morgan fingerprint density at radius 1 is 1.29 bits per heavy atom. The number of aliphatic hydroxyl groups is 1. The smallest absolute Gasteiger partial charge is 0.293 e. The lowest BCUT2D eigenvalue weighted by atomic mass is 10.1. The van der Waals surface area contributed by atoms with Crippen LogP contribution in [0.25, 0.3) is 0 Å². The van der Waals surface area contributed by atoms with Gasteiger partial charge in [-0.05, 0) is 31.2 Å². The minimum Gasteiger partial charge on any atom is -0.394 e. The Balaban J connectivity index is 2.33. The molecule has 0 fully saturated rings. The number of nitrogens with one attached hydrogen (secondary N) is 1. The highest BCUT2D eigenvalue weighted by molar-refractivity contribution is 5.96. The van der Waals surface area contributed by atoms with Crippen LogP contribution in [0.15, 0.2) is 48.5 Å². The number of anilines is 2. The summed E-state index contributed by atoms with van der Waals surface area (Å²) >= 11 is 0. The van der Waals surface area contributed by atoms with Crippen molar-refractivity contribution in [2.75, 3.05) is 19.0 Å². The third-order valence-corrected chi connectivity index (χ3v) is 3.74. The Morgan fingerprint density at radius 3 is 2.54 bits per heavy atom. The number of nitro groups is 1. The monoisotopic (exact) mass is 329 g/mol. The largest absolute Gasteiger partial charge is 0.394 e. The van der Waals surface area contributed by atoms with E-state index >= 15 is 0 Å². The van der Waals surface area contributed by atoms with Crippen LogP contribution < -0.4 is 5.32 Å². The number of rotatable bonds is 6. The van der Waals surface area contributed by atoms with Gasteiger partial charge in [-0.25, -0.2) is 0 Å². The number of nitro benzene ring substituents is 1. The average Bonchev–Trinajstić information content (AvgIpc) is 2.60. The number of carbonyl (C=O) groups is 1. The topological polar surface area (TPSA) is 95.7 Å². The molecule has 0 radical (unpaired) electrons. The molecule has 2 rings (SSSR count). The molecule has 0 aliphatic heterocycles. The van der Waals surface area contributed by atoms with E-state index < -0.39 is 4.92 Å². The number of amides is 1. The Bertz CT molecular complexity index is 734. The molecule has 7 nitrogen and oxygen atoms in total. The molecule has 0 heterocycles. The summed E-state index contributed by atoms with van der Waals surface area (Å²) in [6, 6.07) is 13.0. The summed E-state index contributed by atoms with van der Waals surface area (Å²) in [5.74, 6) is -0.383. The number of nitrogens with zero attached hydrogens (tertiary/aromatic N) is 2. The first kappa shape index (κ1) is 17.4. The molecular weight excluding hydrogens is 310 g/mol. The second-order valence-corrected chi connectivity index (χ2v) is 5.43. The summed E-state index contributed by atoms with van der Waals surface area (Å²) < 4.78 is 0. The Kier molecular flexibility index (Phi) is 5.49. The van der Waals surface area contributed by atoms with Crippen molar-refractivity contribution in [3.63, 3.8) is 0 Å². The summed E-state index contributed by atoms with van der Waals surface area (Å²) in [5, 5.41) is 23.5. The van der Waals surface area contributed by atoms with Gasteiger partial charge in [-0.3, -0.25) is 14.9 Å². The first-order chi connectivity index (χ1) is 11.4. The number of carbonyl (C=O) groups excluding carboxylic acids is 1. The van der Waals surface area contributed by atoms with Gasteiger partial charge in [0.15, 0.2) is 0 Å². The van der Waals surface area contributed by atoms with Crippen molar-refractivity contribution in [1.82, 2.24) is 4.90 Å². The Labute approximate surface area is 139 Å². The fourth-order valence-electron chi connectivity index (χ4n) is 2.12. The lowest BCUT2D eigenvalue weighted by molar-refractivity contribution is -0.383. The van der Waals surface area contributed by atoms with E-state index in [-0.39, 0.29) is 29.8 Å². The van der Waals surface area contributed by atoms with E-state index in [1.54, 1.807) is 26.1 Å². The highest BCUT2D eigenvalue weighted by Gasteiger charge is 2.21. The van der Waals surface area contributed by atoms with Gasteiger partial charge in [-0.15, -0.1) is 0 Å². The van der Waals surface area contributed by atoms with Gasteiger partial charge in [0.25, 0.3) is 11.6 Å². The van der Waals surface area contributed by atoms with E-state index in [4.69, 9.17) is 5.11 Å². The molecule has 0 aromatic heterocycles. The number of hydrogen-bond donors (Lipinski definition) is 2. The van der Waals surface area contributed by atoms with Crippen molar-refractivity contribution in [2.24, 2.45) is 0 Å². The number of aliphatic hydroxyl groups excluding tert-OH is 1. The molecule has 0 spiro atoms. The molecule has 7 heteroatoms. The standard InChI is InChI=1S/C17H19N3O4/c1-12(11-21)19(2)17(22)13-8-9-15(16(10-13)20(23)24)18-14-6-4-3-5-7-14/h3-10,12,18,21H,11H2,1-2H3/t12-/m1/s1. The molecule has 24 heavy (non-hydrogen) atoms. The van der Waals surface area contributed by atoms with Crippen molar-refractivity contribution in [3.8, 4) is 0 Å². The van der Waals surface area contributed by atoms with Crippen LogP contribution in [-0.2, 0) is 0 Å². The van der Waals surface area contributed by atoms with Crippen LogP contribution in [0, 0.1) is 10.1 Å². The normalized spacial score (nSPS) is 11.6. The fraction of sp³-hybridized carbons (Fsp3) is 0.235. The Hall–Kier alpha value is -2.93. The highest BCUT2D eigenvalue weighted by atomic mass is 16.6. The fourth-order valence-corrected chi connectivity index (χ4v) is 2.12. The van der Waals surface area contributed by atoms with Crippen molar-refractivity contribution in [3.05, 3.63) is 64.2 Å². The van der Waals surface area contributed by atoms with Crippen LogP contribution >= 0.6 is 0 Å². The number of para-hydroxylation sites is 1. The van der Waals surface area contributed by atoms with E-state index in [1.807, 2.05) is 18.2 Å². The maximum absolute atomic E-state index is 12.4. The minimum absolute atomic E-state index is 0.183. The molecule has 2 aromatic carbocycles. The van der Waals surface area contributed by atoms with Crippen molar-refractivity contribution in [1.29, 1.82) is 0 Å². The molecule has 126 valence electrons. The quantitative estimate of drug-likeness (QED) is 0.627. The maximum Gasteiger partial charge on any atom is 0.293 e. The van der Waals surface area contributed by atoms with E-state index in [9.17, 15) is 14.9 Å². The minimum atomic E-state index is -0.530. The zero-order valence-corrected chi connectivity index (χ0v) is 13.5. The second-order valence-electron chi connectivity index (χ2n) is 5.43. The molecule has 0 saturated heterocycles. The summed E-state index contributed by atoms with van der Waals surface area (Å²) in [4.78, 5) is 24.5. The van der Waals surface area contributed by atoms with Crippen LogP contribution in [0.4, 0.5) is 17.1 Å². The zero-order chi connectivity index (χ0) is 17.7. The number of hydrogen-bond acceptors (Lipinski definition) is 5. The summed E-state index contributed by atoms with van der Waals surface area (Å²) in [6.45, 7) is 1.51. The first-order valence-corrected chi connectivity index (χ1v) is 7.42. The zero-order valence-electron chi connectivity index (χ0n) is 13.5. The average molecular weight is 329 g/mol. The van der Waals surface area contributed by atoms with Crippen molar-refractivity contribution < 1.29 is 14.8 Å². The molecule has 0 saturated carbocycles. The van der Waals surface area contributed by atoms with Gasteiger partial charge in [-0.1, -0.05) is 18.2 Å².